The summed E-state index contributed by atoms with van der Waals surface area (Å²) in [5.41, 5.74) is 0.524. The Morgan fingerprint density at radius 2 is 1.54 bits per heavy atom. The number of nitro groups is 1. The molecule has 4 atom stereocenters. The van der Waals surface area contributed by atoms with Crippen molar-refractivity contribution in [3.05, 3.63) is 39.9 Å². The Labute approximate surface area is 154 Å². The van der Waals surface area contributed by atoms with Crippen LogP contribution in [-0.4, -0.2) is 35.0 Å². The molecule has 3 aliphatic rings. The molecule has 0 aromatic heterocycles. The number of hydrogen-bond acceptors (Lipinski definition) is 3. The molecule has 1 amide bonds. The first-order valence-corrected chi connectivity index (χ1v) is 10.0. The second-order valence-corrected chi connectivity index (χ2v) is 8.25. The van der Waals surface area contributed by atoms with E-state index in [4.69, 9.17) is 0 Å². The summed E-state index contributed by atoms with van der Waals surface area (Å²) in [6.07, 6.45) is 11.6. The van der Waals surface area contributed by atoms with Gasteiger partial charge in [0.2, 0.25) is 0 Å². The largest absolute Gasteiger partial charge is 0.349 e. The van der Waals surface area contributed by atoms with Crippen LogP contribution in [0.2, 0.25) is 0 Å². The van der Waals surface area contributed by atoms with Crippen molar-refractivity contribution in [2.24, 2.45) is 0 Å². The lowest BCUT2D eigenvalue weighted by Gasteiger charge is -2.48. The highest BCUT2D eigenvalue weighted by Crippen LogP contribution is 2.26. The first-order valence-electron chi connectivity index (χ1n) is 10.0. The Kier molecular flexibility index (Phi) is 4.94. The maximum Gasteiger partial charge on any atom is 0.269 e. The van der Waals surface area contributed by atoms with Crippen molar-refractivity contribution in [1.29, 1.82) is 0 Å². The summed E-state index contributed by atoms with van der Waals surface area (Å²) in [4.78, 5) is 24.7. The molecule has 0 spiro atoms. The van der Waals surface area contributed by atoms with Gasteiger partial charge in [0.15, 0.2) is 0 Å². The molecule has 2 heterocycles. The number of piperidine rings is 2. The van der Waals surface area contributed by atoms with Gasteiger partial charge in [0.1, 0.15) is 0 Å². The number of rotatable bonds is 4. The number of fused-ring (bicyclic) bond motifs is 2. The van der Waals surface area contributed by atoms with Gasteiger partial charge in [-0.3, -0.25) is 14.9 Å². The number of amides is 1. The Morgan fingerprint density at radius 3 is 2.12 bits per heavy atom. The van der Waals surface area contributed by atoms with E-state index in [1.807, 2.05) is 4.90 Å². The highest BCUT2D eigenvalue weighted by Gasteiger charge is 2.46. The zero-order valence-electron chi connectivity index (χ0n) is 15.2. The topological polar surface area (TPSA) is 76.7 Å². The van der Waals surface area contributed by atoms with Crippen LogP contribution < -0.4 is 10.2 Å². The molecule has 26 heavy (non-hydrogen) atoms. The lowest BCUT2D eigenvalue weighted by Crippen LogP contribution is -3.24. The van der Waals surface area contributed by atoms with Crippen molar-refractivity contribution < 1.29 is 14.6 Å². The molecule has 2 bridgehead atoms. The highest BCUT2D eigenvalue weighted by atomic mass is 16.6. The lowest BCUT2D eigenvalue weighted by molar-refractivity contribution is -0.982. The first kappa shape index (κ1) is 17.5. The summed E-state index contributed by atoms with van der Waals surface area (Å²) < 4.78 is 0. The fourth-order valence-corrected chi connectivity index (χ4v) is 5.62. The van der Waals surface area contributed by atoms with Gasteiger partial charge >= 0.3 is 0 Å². The fourth-order valence-electron chi connectivity index (χ4n) is 5.62. The molecule has 2 N–H and O–H groups in total. The van der Waals surface area contributed by atoms with E-state index in [0.29, 0.717) is 17.6 Å². The fraction of sp³-hybridized carbons (Fsp3) is 0.650. The highest BCUT2D eigenvalue weighted by molar-refractivity contribution is 5.94. The summed E-state index contributed by atoms with van der Waals surface area (Å²) in [6.45, 7) is 0. The second-order valence-electron chi connectivity index (χ2n) is 8.25. The Morgan fingerprint density at radius 1 is 0.962 bits per heavy atom. The van der Waals surface area contributed by atoms with Crippen LogP contribution in [0.25, 0.3) is 0 Å². The number of carbonyl (C=O) groups excluding carboxylic acids is 1. The third kappa shape index (κ3) is 3.47. The first-order chi connectivity index (χ1) is 12.6. The number of nitrogens with one attached hydrogen (secondary N) is 2. The molecule has 140 valence electrons. The molecule has 2 saturated heterocycles. The molecule has 4 rings (SSSR count). The van der Waals surface area contributed by atoms with Gasteiger partial charge in [0.25, 0.3) is 11.6 Å². The number of nitrogens with zero attached hydrogens (tertiary/aromatic N) is 1. The van der Waals surface area contributed by atoms with Gasteiger partial charge in [-0.05, 0) is 57.1 Å². The summed E-state index contributed by atoms with van der Waals surface area (Å²) >= 11 is 0. The number of carbonyl (C=O) groups is 1. The third-order valence-electron chi connectivity index (χ3n) is 6.69. The maximum absolute atomic E-state index is 12.6. The molecule has 2 aliphatic heterocycles. The lowest BCUT2D eigenvalue weighted by atomic mass is 9.80. The molecule has 3 fully saturated rings. The maximum atomic E-state index is 12.6. The average Bonchev–Trinajstić information content (AvgIpc) is 3.15. The molecular formula is C20H28N3O3+. The zero-order valence-corrected chi connectivity index (χ0v) is 15.2. The van der Waals surface area contributed by atoms with Gasteiger partial charge in [0, 0.05) is 36.6 Å². The van der Waals surface area contributed by atoms with Crippen molar-refractivity contribution in [2.75, 3.05) is 0 Å². The molecular weight excluding hydrogens is 330 g/mol. The summed E-state index contributed by atoms with van der Waals surface area (Å²) in [5, 5.41) is 14.0. The minimum Gasteiger partial charge on any atom is -0.349 e. The van der Waals surface area contributed by atoms with Crippen LogP contribution in [0.1, 0.15) is 68.1 Å². The van der Waals surface area contributed by atoms with Gasteiger partial charge < -0.3 is 10.2 Å². The van der Waals surface area contributed by atoms with Crippen molar-refractivity contribution in [1.82, 2.24) is 5.32 Å². The van der Waals surface area contributed by atoms with E-state index < -0.39 is 4.92 Å². The van der Waals surface area contributed by atoms with Crippen LogP contribution in [0, 0.1) is 10.1 Å². The Balaban J connectivity index is 1.40. The minimum atomic E-state index is -0.440. The number of non-ortho nitro benzene ring substituents is 1. The van der Waals surface area contributed by atoms with E-state index in [0.717, 1.165) is 18.9 Å². The minimum absolute atomic E-state index is 0.0181. The van der Waals surface area contributed by atoms with E-state index in [1.165, 1.54) is 57.1 Å². The quantitative estimate of drug-likeness (QED) is 0.640. The van der Waals surface area contributed by atoms with Gasteiger partial charge in [-0.1, -0.05) is 0 Å². The Hall–Kier alpha value is -1.95. The predicted molar refractivity (Wildman–Crippen MR) is 98.2 cm³/mol. The Bertz CT molecular complexity index is 655. The summed E-state index contributed by atoms with van der Waals surface area (Å²) in [6, 6.07) is 8.35. The molecule has 2 unspecified atom stereocenters. The van der Waals surface area contributed by atoms with Crippen LogP contribution in [0.4, 0.5) is 5.69 Å². The van der Waals surface area contributed by atoms with Gasteiger partial charge in [0.05, 0.1) is 23.0 Å². The monoisotopic (exact) mass is 358 g/mol. The SMILES string of the molecule is O=C(NC1C[C@H]2CCC[C@@H](C1)[NH+]2C1CCCC1)c1ccc([N+](=O)[O-])cc1. The molecule has 1 aromatic carbocycles. The van der Waals surface area contributed by atoms with Crippen molar-refractivity contribution in [3.8, 4) is 0 Å². The van der Waals surface area contributed by atoms with Crippen molar-refractivity contribution in [3.63, 3.8) is 0 Å². The standard InChI is InChI=1S/C20H27N3O3/c24-20(14-8-10-17(11-9-14)23(25)26)21-15-12-18-6-3-7-19(13-15)22(18)16-4-1-2-5-16/h8-11,15-16,18-19H,1-7,12-13H2,(H,21,24)/p+1/t15?,18-,19+. The molecule has 6 heteroatoms. The smallest absolute Gasteiger partial charge is 0.269 e. The van der Waals surface area contributed by atoms with E-state index in [9.17, 15) is 14.9 Å². The molecule has 6 nitrogen and oxygen atoms in total. The average molecular weight is 358 g/mol. The molecule has 0 radical (unpaired) electrons. The van der Waals surface area contributed by atoms with E-state index in [1.54, 1.807) is 12.1 Å². The van der Waals surface area contributed by atoms with Gasteiger partial charge in [-0.15, -0.1) is 0 Å². The van der Waals surface area contributed by atoms with Gasteiger partial charge in [-0.2, -0.15) is 0 Å². The third-order valence-corrected chi connectivity index (χ3v) is 6.69. The molecule has 1 saturated carbocycles. The van der Waals surface area contributed by atoms with Crippen LogP contribution in [-0.2, 0) is 0 Å². The number of hydrogen-bond donors (Lipinski definition) is 2. The zero-order chi connectivity index (χ0) is 18.1. The van der Waals surface area contributed by atoms with E-state index in [-0.39, 0.29) is 17.6 Å². The van der Waals surface area contributed by atoms with Crippen LogP contribution in [0.15, 0.2) is 24.3 Å². The molecule has 1 aromatic rings. The van der Waals surface area contributed by atoms with E-state index in [2.05, 4.69) is 5.32 Å². The number of benzene rings is 1. The van der Waals surface area contributed by atoms with Crippen LogP contribution in [0.3, 0.4) is 0 Å². The molecule has 1 aliphatic carbocycles. The van der Waals surface area contributed by atoms with Gasteiger partial charge in [-0.25, -0.2) is 0 Å². The number of nitro benzene ring substituents is 1. The summed E-state index contributed by atoms with van der Waals surface area (Å²) in [7, 11) is 0. The predicted octanol–water partition coefficient (Wildman–Crippen LogP) is 2.24. The second kappa shape index (κ2) is 7.35. The van der Waals surface area contributed by atoms with Crippen molar-refractivity contribution >= 4 is 11.6 Å². The number of quaternary nitrogens is 1. The van der Waals surface area contributed by atoms with Crippen molar-refractivity contribution in [2.45, 2.75) is 82.0 Å². The van der Waals surface area contributed by atoms with Crippen LogP contribution in [0.5, 0.6) is 0 Å². The normalized spacial score (nSPS) is 31.5. The van der Waals surface area contributed by atoms with E-state index >= 15 is 0 Å². The summed E-state index contributed by atoms with van der Waals surface area (Å²) in [5.74, 6) is -0.104. The van der Waals surface area contributed by atoms with Crippen LogP contribution >= 0.6 is 0 Å².